The van der Waals surface area contributed by atoms with Gasteiger partial charge in [0.2, 0.25) is 0 Å². The SMILES string of the molecule is Cc1cc(Oc2ccc(OC(C)C)cc2)cc(C)c1CC=O. The van der Waals surface area contributed by atoms with E-state index < -0.39 is 0 Å². The largest absolute Gasteiger partial charge is 0.491 e. The van der Waals surface area contributed by atoms with Crippen LogP contribution in [0.4, 0.5) is 0 Å². The van der Waals surface area contributed by atoms with Crippen molar-refractivity contribution in [2.24, 2.45) is 0 Å². The number of hydrogen-bond donors (Lipinski definition) is 0. The molecule has 0 bridgehead atoms. The summed E-state index contributed by atoms with van der Waals surface area (Å²) in [5.74, 6) is 2.37. The molecule has 0 saturated heterocycles. The van der Waals surface area contributed by atoms with Crippen LogP contribution in [-0.2, 0) is 11.2 Å². The first kappa shape index (κ1) is 16.1. The average Bonchev–Trinajstić information content (AvgIpc) is 2.44. The summed E-state index contributed by atoms with van der Waals surface area (Å²) in [5, 5.41) is 0. The molecule has 2 rings (SSSR count). The van der Waals surface area contributed by atoms with Crippen molar-refractivity contribution in [2.75, 3.05) is 0 Å². The van der Waals surface area contributed by atoms with Gasteiger partial charge in [0.25, 0.3) is 0 Å². The predicted octanol–water partition coefficient (Wildman–Crippen LogP) is 4.62. The monoisotopic (exact) mass is 298 g/mol. The minimum Gasteiger partial charge on any atom is -0.491 e. The Kier molecular flexibility index (Phi) is 5.21. The molecule has 3 nitrogen and oxygen atoms in total. The quantitative estimate of drug-likeness (QED) is 0.730. The van der Waals surface area contributed by atoms with Gasteiger partial charge in [-0.3, -0.25) is 0 Å². The van der Waals surface area contributed by atoms with Gasteiger partial charge in [-0.15, -0.1) is 0 Å². The fraction of sp³-hybridized carbons (Fsp3) is 0.316. The van der Waals surface area contributed by atoms with Crippen LogP contribution in [0.25, 0.3) is 0 Å². The van der Waals surface area contributed by atoms with Crippen molar-refractivity contribution in [2.45, 2.75) is 40.2 Å². The molecule has 0 aliphatic heterocycles. The van der Waals surface area contributed by atoms with Gasteiger partial charge >= 0.3 is 0 Å². The Bertz CT molecular complexity index is 619. The summed E-state index contributed by atoms with van der Waals surface area (Å²) in [4.78, 5) is 10.7. The highest BCUT2D eigenvalue weighted by molar-refractivity contribution is 5.58. The van der Waals surface area contributed by atoms with Crippen LogP contribution in [0.1, 0.15) is 30.5 Å². The zero-order chi connectivity index (χ0) is 16.1. The van der Waals surface area contributed by atoms with Gasteiger partial charge < -0.3 is 14.3 Å². The van der Waals surface area contributed by atoms with Gasteiger partial charge in [-0.05, 0) is 80.8 Å². The van der Waals surface area contributed by atoms with E-state index in [-0.39, 0.29) is 6.10 Å². The van der Waals surface area contributed by atoms with Crippen molar-refractivity contribution >= 4 is 6.29 Å². The van der Waals surface area contributed by atoms with E-state index in [9.17, 15) is 4.79 Å². The van der Waals surface area contributed by atoms with Crippen molar-refractivity contribution in [3.8, 4) is 17.2 Å². The maximum Gasteiger partial charge on any atom is 0.127 e. The Labute approximate surface area is 131 Å². The standard InChI is InChI=1S/C19H22O3/c1-13(2)21-16-5-7-17(8-6-16)22-18-11-14(3)19(9-10-20)15(4)12-18/h5-8,10-13H,9H2,1-4H3. The number of rotatable bonds is 6. The highest BCUT2D eigenvalue weighted by Crippen LogP contribution is 2.28. The lowest BCUT2D eigenvalue weighted by Gasteiger charge is -2.13. The molecule has 2 aromatic carbocycles. The predicted molar refractivity (Wildman–Crippen MR) is 88.0 cm³/mol. The smallest absolute Gasteiger partial charge is 0.127 e. The second kappa shape index (κ2) is 7.12. The molecule has 0 spiro atoms. The summed E-state index contributed by atoms with van der Waals surface area (Å²) < 4.78 is 11.5. The lowest BCUT2D eigenvalue weighted by molar-refractivity contribution is -0.107. The van der Waals surface area contributed by atoms with E-state index in [1.54, 1.807) is 0 Å². The summed E-state index contributed by atoms with van der Waals surface area (Å²) in [7, 11) is 0. The Hall–Kier alpha value is -2.29. The van der Waals surface area contributed by atoms with E-state index >= 15 is 0 Å². The summed E-state index contributed by atoms with van der Waals surface area (Å²) in [6, 6.07) is 11.5. The lowest BCUT2D eigenvalue weighted by Crippen LogP contribution is -2.05. The molecule has 0 heterocycles. The van der Waals surface area contributed by atoms with E-state index in [0.29, 0.717) is 6.42 Å². The summed E-state index contributed by atoms with van der Waals surface area (Å²) in [6.07, 6.45) is 1.53. The first-order chi connectivity index (χ1) is 10.5. The summed E-state index contributed by atoms with van der Waals surface area (Å²) in [6.45, 7) is 7.99. The fourth-order valence-corrected chi connectivity index (χ4v) is 2.41. The fourth-order valence-electron chi connectivity index (χ4n) is 2.41. The molecular formula is C19H22O3. The number of ether oxygens (including phenoxy) is 2. The highest BCUT2D eigenvalue weighted by atomic mass is 16.5. The van der Waals surface area contributed by atoms with Crippen LogP contribution in [0.15, 0.2) is 36.4 Å². The molecule has 0 radical (unpaired) electrons. The van der Waals surface area contributed by atoms with Crippen molar-refractivity contribution in [1.82, 2.24) is 0 Å². The molecule has 0 saturated carbocycles. The molecule has 0 fully saturated rings. The van der Waals surface area contributed by atoms with Gasteiger partial charge in [0.05, 0.1) is 6.10 Å². The molecule has 0 aliphatic rings. The first-order valence-electron chi connectivity index (χ1n) is 7.48. The van der Waals surface area contributed by atoms with Gasteiger partial charge in [-0.1, -0.05) is 0 Å². The Morgan fingerprint density at radius 2 is 1.50 bits per heavy atom. The number of hydrogen-bond acceptors (Lipinski definition) is 3. The van der Waals surface area contributed by atoms with Crippen molar-refractivity contribution in [3.63, 3.8) is 0 Å². The third-order valence-electron chi connectivity index (χ3n) is 3.39. The maximum absolute atomic E-state index is 10.7. The molecule has 2 aromatic rings. The molecule has 22 heavy (non-hydrogen) atoms. The molecule has 0 unspecified atom stereocenters. The number of aldehydes is 1. The summed E-state index contributed by atoms with van der Waals surface area (Å²) >= 11 is 0. The summed E-state index contributed by atoms with van der Waals surface area (Å²) in [5.41, 5.74) is 3.21. The molecule has 116 valence electrons. The van der Waals surface area contributed by atoms with Gasteiger partial charge in [-0.2, -0.15) is 0 Å². The number of benzene rings is 2. The van der Waals surface area contributed by atoms with Crippen LogP contribution in [0, 0.1) is 13.8 Å². The van der Waals surface area contributed by atoms with E-state index in [2.05, 4.69) is 0 Å². The number of aryl methyl sites for hydroxylation is 2. The second-order valence-electron chi connectivity index (χ2n) is 5.65. The third-order valence-corrected chi connectivity index (χ3v) is 3.39. The molecule has 0 atom stereocenters. The van der Waals surface area contributed by atoms with Gasteiger partial charge in [0.1, 0.15) is 23.5 Å². The second-order valence-corrected chi connectivity index (χ2v) is 5.65. The van der Waals surface area contributed by atoms with Gasteiger partial charge in [0.15, 0.2) is 0 Å². The first-order valence-corrected chi connectivity index (χ1v) is 7.48. The van der Waals surface area contributed by atoms with Crippen LogP contribution in [0.3, 0.4) is 0 Å². The van der Waals surface area contributed by atoms with Crippen molar-refractivity contribution in [3.05, 3.63) is 53.1 Å². The van der Waals surface area contributed by atoms with Crippen LogP contribution >= 0.6 is 0 Å². The zero-order valence-corrected chi connectivity index (χ0v) is 13.6. The molecule has 0 N–H and O–H groups in total. The molecule has 0 amide bonds. The Morgan fingerprint density at radius 3 is 2.00 bits per heavy atom. The maximum atomic E-state index is 10.7. The van der Waals surface area contributed by atoms with E-state index in [1.165, 1.54) is 0 Å². The van der Waals surface area contributed by atoms with Crippen molar-refractivity contribution in [1.29, 1.82) is 0 Å². The van der Waals surface area contributed by atoms with Gasteiger partial charge in [-0.25, -0.2) is 0 Å². The molecule has 3 heteroatoms. The van der Waals surface area contributed by atoms with E-state index in [4.69, 9.17) is 9.47 Å². The Morgan fingerprint density at radius 1 is 0.955 bits per heavy atom. The topological polar surface area (TPSA) is 35.5 Å². The normalized spacial score (nSPS) is 10.6. The third kappa shape index (κ3) is 4.10. The van der Waals surface area contributed by atoms with Crippen LogP contribution in [-0.4, -0.2) is 12.4 Å². The molecule has 0 aliphatic carbocycles. The van der Waals surface area contributed by atoms with Crippen LogP contribution in [0.5, 0.6) is 17.2 Å². The minimum absolute atomic E-state index is 0.155. The average molecular weight is 298 g/mol. The van der Waals surface area contributed by atoms with E-state index in [1.807, 2.05) is 64.1 Å². The van der Waals surface area contributed by atoms with Crippen molar-refractivity contribution < 1.29 is 14.3 Å². The molecular weight excluding hydrogens is 276 g/mol. The minimum atomic E-state index is 0.155. The zero-order valence-electron chi connectivity index (χ0n) is 13.6. The molecule has 0 aromatic heterocycles. The number of carbonyl (C=O) groups is 1. The number of carbonyl (C=O) groups excluding carboxylic acids is 1. The van der Waals surface area contributed by atoms with Crippen LogP contribution in [0.2, 0.25) is 0 Å². The van der Waals surface area contributed by atoms with Crippen LogP contribution < -0.4 is 9.47 Å². The lowest BCUT2D eigenvalue weighted by atomic mass is 10.0. The van der Waals surface area contributed by atoms with E-state index in [0.717, 1.165) is 40.2 Å². The Balaban J connectivity index is 2.15. The highest BCUT2D eigenvalue weighted by Gasteiger charge is 2.07. The van der Waals surface area contributed by atoms with Gasteiger partial charge in [0, 0.05) is 6.42 Å².